The van der Waals surface area contributed by atoms with E-state index in [1.807, 2.05) is 18.5 Å². The maximum atomic E-state index is 11.5. The molecule has 3 aromatic rings. The van der Waals surface area contributed by atoms with E-state index in [1.165, 1.54) is 16.5 Å². The molecule has 1 N–H and O–H groups in total. The molecule has 0 saturated carbocycles. The molecule has 1 aliphatic rings. The molecule has 3 heterocycles. The number of benzene rings is 1. The average molecular weight is 352 g/mol. The highest BCUT2D eigenvalue weighted by Crippen LogP contribution is 2.34. The Hall–Kier alpha value is -2.24. The first-order valence-electron chi connectivity index (χ1n) is 8.55. The van der Waals surface area contributed by atoms with Gasteiger partial charge in [-0.25, -0.2) is 0 Å². The molecule has 1 saturated heterocycles. The van der Waals surface area contributed by atoms with Gasteiger partial charge < -0.3 is 5.11 Å². The maximum absolute atomic E-state index is 11.5. The number of hydrogen-bond acceptors (Lipinski definition) is 4. The number of pyridine rings is 1. The summed E-state index contributed by atoms with van der Waals surface area (Å²) in [5.41, 5.74) is 2.45. The molecule has 2 aromatic heterocycles. The Bertz CT molecular complexity index is 878. The summed E-state index contributed by atoms with van der Waals surface area (Å²) >= 11 is 1.68. The third kappa shape index (κ3) is 3.30. The third-order valence-electron chi connectivity index (χ3n) is 5.01. The number of carboxylic acid groups (broad SMARTS) is 1. The molecule has 1 aliphatic heterocycles. The van der Waals surface area contributed by atoms with Crippen LogP contribution >= 0.6 is 11.3 Å². The highest BCUT2D eigenvalue weighted by molar-refractivity contribution is 7.08. The van der Waals surface area contributed by atoms with E-state index >= 15 is 0 Å². The second-order valence-electron chi connectivity index (χ2n) is 6.61. The van der Waals surface area contributed by atoms with Gasteiger partial charge in [-0.1, -0.05) is 12.1 Å². The summed E-state index contributed by atoms with van der Waals surface area (Å²) in [4.78, 5) is 18.0. The van der Waals surface area contributed by atoms with Crippen LogP contribution in [0.5, 0.6) is 0 Å². The Kier molecular flexibility index (Phi) is 4.51. The van der Waals surface area contributed by atoms with Crippen molar-refractivity contribution >= 4 is 28.1 Å². The lowest BCUT2D eigenvalue weighted by atomic mass is 9.92. The molecule has 1 aromatic carbocycles. The normalized spacial score (nSPS) is 19.8. The monoisotopic (exact) mass is 352 g/mol. The Labute approximate surface area is 150 Å². The van der Waals surface area contributed by atoms with Crippen molar-refractivity contribution in [2.75, 3.05) is 13.1 Å². The van der Waals surface area contributed by atoms with Crippen LogP contribution in [0.25, 0.3) is 10.8 Å². The van der Waals surface area contributed by atoms with E-state index in [4.69, 9.17) is 0 Å². The second kappa shape index (κ2) is 6.94. The summed E-state index contributed by atoms with van der Waals surface area (Å²) < 4.78 is 0. The molecule has 0 radical (unpaired) electrons. The second-order valence-corrected chi connectivity index (χ2v) is 7.39. The van der Waals surface area contributed by atoms with Gasteiger partial charge in [-0.15, -0.1) is 0 Å². The smallest absolute Gasteiger partial charge is 0.307 e. The van der Waals surface area contributed by atoms with Gasteiger partial charge >= 0.3 is 5.97 Å². The number of fused-ring (bicyclic) bond motifs is 1. The van der Waals surface area contributed by atoms with Crippen molar-refractivity contribution in [3.8, 4) is 0 Å². The van der Waals surface area contributed by atoms with E-state index in [9.17, 15) is 9.90 Å². The molecule has 2 unspecified atom stereocenters. The third-order valence-corrected chi connectivity index (χ3v) is 5.71. The zero-order valence-electron chi connectivity index (χ0n) is 13.8. The highest BCUT2D eigenvalue weighted by Gasteiger charge is 2.31. The van der Waals surface area contributed by atoms with E-state index in [1.54, 1.807) is 11.3 Å². The van der Waals surface area contributed by atoms with Gasteiger partial charge in [-0.2, -0.15) is 11.3 Å². The Morgan fingerprint density at radius 1 is 1.24 bits per heavy atom. The lowest BCUT2D eigenvalue weighted by molar-refractivity contribution is -0.143. The largest absolute Gasteiger partial charge is 0.481 e. The van der Waals surface area contributed by atoms with Crippen LogP contribution in [-0.2, 0) is 4.79 Å². The zero-order chi connectivity index (χ0) is 17.2. The lowest BCUT2D eigenvalue weighted by Crippen LogP contribution is -2.41. The summed E-state index contributed by atoms with van der Waals surface area (Å²) in [6.45, 7) is 1.53. The van der Waals surface area contributed by atoms with Crippen molar-refractivity contribution in [1.82, 2.24) is 9.88 Å². The summed E-state index contributed by atoms with van der Waals surface area (Å²) in [6.07, 6.45) is 5.38. The number of carbonyl (C=O) groups is 1. The van der Waals surface area contributed by atoms with Crippen LogP contribution in [0, 0.1) is 5.92 Å². The molecule has 0 bridgehead atoms. The van der Waals surface area contributed by atoms with Gasteiger partial charge in [0.1, 0.15) is 0 Å². The number of nitrogens with zero attached hydrogens (tertiary/aromatic N) is 2. The number of aromatic nitrogens is 1. The van der Waals surface area contributed by atoms with Crippen molar-refractivity contribution in [3.05, 3.63) is 64.6 Å². The summed E-state index contributed by atoms with van der Waals surface area (Å²) in [6, 6.07) is 10.7. The van der Waals surface area contributed by atoms with E-state index in [0.717, 1.165) is 24.8 Å². The SMILES string of the molecule is O=C(O)C1CCCN(C(c2ccsc2)c2ccc3cnccc3c2)C1. The van der Waals surface area contributed by atoms with Crippen molar-refractivity contribution in [1.29, 1.82) is 0 Å². The number of hydrogen-bond donors (Lipinski definition) is 1. The highest BCUT2D eigenvalue weighted by atomic mass is 32.1. The minimum Gasteiger partial charge on any atom is -0.481 e. The molecule has 0 aliphatic carbocycles. The topological polar surface area (TPSA) is 53.4 Å². The number of likely N-dealkylation sites (tertiary alicyclic amines) is 1. The van der Waals surface area contributed by atoms with E-state index in [-0.39, 0.29) is 12.0 Å². The van der Waals surface area contributed by atoms with Gasteiger partial charge in [0.25, 0.3) is 0 Å². The predicted octanol–water partition coefficient (Wildman–Crippen LogP) is 4.18. The quantitative estimate of drug-likeness (QED) is 0.765. The van der Waals surface area contributed by atoms with Gasteiger partial charge in [0.05, 0.1) is 12.0 Å². The predicted molar refractivity (Wildman–Crippen MR) is 99.8 cm³/mol. The minimum atomic E-state index is -0.682. The zero-order valence-corrected chi connectivity index (χ0v) is 14.7. The van der Waals surface area contributed by atoms with Gasteiger partial charge in [-0.3, -0.25) is 14.7 Å². The van der Waals surface area contributed by atoms with Crippen LogP contribution in [0.3, 0.4) is 0 Å². The van der Waals surface area contributed by atoms with E-state index in [0.29, 0.717) is 6.54 Å². The Balaban J connectivity index is 1.74. The number of carboxylic acids is 1. The molecular formula is C20H20N2O2S. The van der Waals surface area contributed by atoms with Crippen molar-refractivity contribution < 1.29 is 9.90 Å². The van der Waals surface area contributed by atoms with Crippen molar-refractivity contribution in [3.63, 3.8) is 0 Å². The molecular weight excluding hydrogens is 332 g/mol. The minimum absolute atomic E-state index is 0.103. The summed E-state index contributed by atoms with van der Waals surface area (Å²) in [5.74, 6) is -0.960. The van der Waals surface area contributed by atoms with Crippen LogP contribution in [0.2, 0.25) is 0 Å². The molecule has 128 valence electrons. The van der Waals surface area contributed by atoms with Gasteiger partial charge in [-0.05, 0) is 64.9 Å². The van der Waals surface area contributed by atoms with E-state index in [2.05, 4.69) is 44.9 Å². The number of rotatable bonds is 4. The van der Waals surface area contributed by atoms with E-state index < -0.39 is 5.97 Å². The molecule has 1 fully saturated rings. The molecule has 2 atom stereocenters. The van der Waals surface area contributed by atoms with Crippen LogP contribution in [0.4, 0.5) is 0 Å². The fraction of sp³-hybridized carbons (Fsp3) is 0.300. The fourth-order valence-electron chi connectivity index (χ4n) is 3.76. The maximum Gasteiger partial charge on any atom is 0.307 e. The van der Waals surface area contributed by atoms with Gasteiger partial charge in [0.15, 0.2) is 0 Å². The molecule has 4 nitrogen and oxygen atoms in total. The van der Waals surface area contributed by atoms with Gasteiger partial charge in [0.2, 0.25) is 0 Å². The standard InChI is InChI=1S/C20H20N2O2S/c23-20(24)17-2-1-8-22(12-17)19(18-6-9-25-13-18)15-3-4-16-11-21-7-5-14(16)10-15/h3-7,9-11,13,17,19H,1-2,8,12H2,(H,23,24). The Morgan fingerprint density at radius 2 is 2.16 bits per heavy atom. The number of thiophene rings is 1. The van der Waals surface area contributed by atoms with Crippen LogP contribution in [-0.4, -0.2) is 34.0 Å². The Morgan fingerprint density at radius 3 is 2.96 bits per heavy atom. The first kappa shape index (κ1) is 16.2. The molecule has 5 heteroatoms. The van der Waals surface area contributed by atoms with Crippen LogP contribution in [0.15, 0.2) is 53.5 Å². The number of aliphatic carboxylic acids is 1. The molecule has 4 rings (SSSR count). The van der Waals surface area contributed by atoms with Crippen LogP contribution < -0.4 is 0 Å². The lowest BCUT2D eigenvalue weighted by Gasteiger charge is -2.37. The summed E-state index contributed by atoms with van der Waals surface area (Å²) in [5, 5.41) is 16.0. The summed E-state index contributed by atoms with van der Waals surface area (Å²) in [7, 11) is 0. The molecule has 0 amide bonds. The molecule has 25 heavy (non-hydrogen) atoms. The fourth-order valence-corrected chi connectivity index (χ4v) is 4.44. The first-order valence-corrected chi connectivity index (χ1v) is 9.49. The number of piperidine rings is 1. The molecule has 0 spiro atoms. The average Bonchev–Trinajstić information content (AvgIpc) is 3.16. The first-order chi connectivity index (χ1) is 12.2. The van der Waals surface area contributed by atoms with Crippen LogP contribution in [0.1, 0.15) is 30.0 Å². The van der Waals surface area contributed by atoms with Gasteiger partial charge in [0, 0.05) is 24.3 Å². The van der Waals surface area contributed by atoms with Crippen molar-refractivity contribution in [2.24, 2.45) is 5.92 Å². The van der Waals surface area contributed by atoms with Crippen molar-refractivity contribution in [2.45, 2.75) is 18.9 Å².